The van der Waals surface area contributed by atoms with Gasteiger partial charge in [-0.1, -0.05) is 11.6 Å². The molecule has 1 heterocycles. The van der Waals surface area contributed by atoms with Crippen LogP contribution in [0, 0.1) is 0 Å². The molecule has 0 saturated heterocycles. The number of hydrogen-bond donors (Lipinski definition) is 2. The topological polar surface area (TPSA) is 105 Å². The van der Waals surface area contributed by atoms with Crippen molar-refractivity contribution in [2.45, 2.75) is 47.0 Å². The normalized spacial score (nSPS) is 11.3. The van der Waals surface area contributed by atoms with Crippen LogP contribution < -0.4 is 10.7 Å². The van der Waals surface area contributed by atoms with Gasteiger partial charge in [0.15, 0.2) is 0 Å². The Hall–Kier alpha value is -2.50. The van der Waals surface area contributed by atoms with E-state index in [9.17, 15) is 9.59 Å². The van der Waals surface area contributed by atoms with Crippen molar-refractivity contribution in [2.24, 2.45) is 0 Å². The van der Waals surface area contributed by atoms with Crippen molar-refractivity contribution in [1.82, 2.24) is 20.2 Å². The molecule has 11 heteroatoms. The summed E-state index contributed by atoms with van der Waals surface area (Å²) in [7, 11) is 0. The molecule has 10 nitrogen and oxygen atoms in total. The van der Waals surface area contributed by atoms with Gasteiger partial charge in [-0.05, 0) is 77.9 Å². The highest BCUT2D eigenvalue weighted by molar-refractivity contribution is 6.31. The van der Waals surface area contributed by atoms with Crippen molar-refractivity contribution in [3.63, 3.8) is 0 Å². The van der Waals surface area contributed by atoms with Gasteiger partial charge in [0.25, 0.3) is 5.91 Å². The number of hydrogen-bond acceptors (Lipinski definition) is 9. The molecule has 0 bridgehead atoms. The number of aromatic nitrogens is 1. The Morgan fingerprint density at radius 3 is 2.46 bits per heavy atom. The summed E-state index contributed by atoms with van der Waals surface area (Å²) in [5.41, 5.74) is 4.69. The molecule has 0 radical (unpaired) electrons. The van der Waals surface area contributed by atoms with Crippen molar-refractivity contribution in [3.8, 4) is 0 Å². The number of ether oxygens (including phenoxy) is 3. The molecular weight excluding hydrogens is 498 g/mol. The Labute approximate surface area is 224 Å². The minimum atomic E-state index is -0.434. The lowest BCUT2D eigenvalue weighted by Crippen LogP contribution is -2.45. The number of unbranched alkanes of at least 4 members (excludes halogenated alkanes) is 1. The highest BCUT2D eigenvalue weighted by Gasteiger charge is 2.20. The van der Waals surface area contributed by atoms with Crippen molar-refractivity contribution in [3.05, 3.63) is 35.5 Å². The minimum Gasteiger partial charge on any atom is -0.465 e. The van der Waals surface area contributed by atoms with Crippen LogP contribution in [0.25, 0.3) is 10.9 Å². The number of hydrazine groups is 1. The standard InChI is InChI=1S/C26H40ClN5O5/c1-5-32(30-22-13-15-28-23-17-20(27)11-12-21(22)23)24(33)18-31(19-25(34)35-6-2)16-10-9-14-29-26(36-7-3)37-8-4/h11-13,15,17,26,29H,5-10,14,16,18-19H2,1-4H3,(H,28,30). The average molecular weight is 538 g/mol. The molecule has 37 heavy (non-hydrogen) atoms. The number of fused-ring (bicyclic) bond motifs is 1. The fraction of sp³-hybridized carbons (Fsp3) is 0.577. The van der Waals surface area contributed by atoms with Crippen LogP contribution in [-0.2, 0) is 23.8 Å². The van der Waals surface area contributed by atoms with E-state index in [1.54, 1.807) is 25.3 Å². The van der Waals surface area contributed by atoms with Gasteiger partial charge in [0.1, 0.15) is 0 Å². The molecule has 1 amide bonds. The second-order valence-corrected chi connectivity index (χ2v) is 8.63. The summed E-state index contributed by atoms with van der Waals surface area (Å²) in [5.74, 6) is -0.509. The van der Waals surface area contributed by atoms with E-state index < -0.39 is 6.41 Å². The molecule has 206 valence electrons. The van der Waals surface area contributed by atoms with E-state index in [4.69, 9.17) is 25.8 Å². The predicted molar refractivity (Wildman–Crippen MR) is 145 cm³/mol. The summed E-state index contributed by atoms with van der Waals surface area (Å²) >= 11 is 6.10. The maximum Gasteiger partial charge on any atom is 0.320 e. The van der Waals surface area contributed by atoms with E-state index in [0.29, 0.717) is 44.5 Å². The van der Waals surface area contributed by atoms with Gasteiger partial charge in [-0.2, -0.15) is 0 Å². The van der Waals surface area contributed by atoms with Gasteiger partial charge < -0.3 is 14.2 Å². The summed E-state index contributed by atoms with van der Waals surface area (Å²) in [5, 5.41) is 6.20. The quantitative estimate of drug-likeness (QED) is 0.127. The first-order chi connectivity index (χ1) is 17.9. The molecule has 0 fully saturated rings. The summed E-state index contributed by atoms with van der Waals surface area (Å²) in [6, 6.07) is 7.25. The molecule has 1 aromatic carbocycles. The lowest BCUT2D eigenvalue weighted by atomic mass is 10.2. The third-order valence-electron chi connectivity index (χ3n) is 5.44. The number of halogens is 1. The van der Waals surface area contributed by atoms with E-state index in [0.717, 1.165) is 29.4 Å². The van der Waals surface area contributed by atoms with E-state index in [1.165, 1.54) is 5.01 Å². The first kappa shape index (κ1) is 30.7. The number of benzene rings is 1. The van der Waals surface area contributed by atoms with Crippen LogP contribution in [0.15, 0.2) is 30.5 Å². The molecule has 2 N–H and O–H groups in total. The first-order valence-electron chi connectivity index (χ1n) is 12.9. The first-order valence-corrected chi connectivity index (χ1v) is 13.2. The predicted octanol–water partition coefficient (Wildman–Crippen LogP) is 3.66. The van der Waals surface area contributed by atoms with E-state index in [-0.39, 0.29) is 25.0 Å². The summed E-state index contributed by atoms with van der Waals surface area (Å²) in [4.78, 5) is 31.6. The number of esters is 1. The highest BCUT2D eigenvalue weighted by Crippen LogP contribution is 2.24. The van der Waals surface area contributed by atoms with Gasteiger partial charge in [0.05, 0.1) is 30.9 Å². The molecule has 0 spiro atoms. The molecule has 2 rings (SSSR count). The number of amides is 1. The monoisotopic (exact) mass is 537 g/mol. The van der Waals surface area contributed by atoms with Gasteiger partial charge in [0, 0.05) is 36.4 Å². The fourth-order valence-corrected chi connectivity index (χ4v) is 3.88. The van der Waals surface area contributed by atoms with Crippen LogP contribution in [-0.4, -0.2) is 85.7 Å². The Kier molecular flexibility index (Phi) is 14.2. The Morgan fingerprint density at radius 2 is 1.78 bits per heavy atom. The number of carbonyl (C=O) groups excluding carboxylic acids is 2. The number of anilines is 1. The Morgan fingerprint density at radius 1 is 1.03 bits per heavy atom. The van der Waals surface area contributed by atoms with E-state index in [2.05, 4.69) is 15.7 Å². The zero-order valence-electron chi connectivity index (χ0n) is 22.3. The van der Waals surface area contributed by atoms with Crippen molar-refractivity contribution >= 4 is 40.1 Å². The maximum absolute atomic E-state index is 13.2. The molecule has 0 unspecified atom stereocenters. The van der Waals surface area contributed by atoms with E-state index >= 15 is 0 Å². The molecule has 0 aliphatic heterocycles. The Bertz CT molecular complexity index is 974. The molecule has 0 saturated carbocycles. The fourth-order valence-electron chi connectivity index (χ4n) is 3.71. The smallest absolute Gasteiger partial charge is 0.320 e. The number of nitrogens with zero attached hydrogens (tertiary/aromatic N) is 3. The molecule has 2 aromatic rings. The van der Waals surface area contributed by atoms with E-state index in [1.807, 2.05) is 37.8 Å². The number of carbonyl (C=O) groups is 2. The van der Waals surface area contributed by atoms with Crippen LogP contribution in [0.1, 0.15) is 40.5 Å². The van der Waals surface area contributed by atoms with Crippen LogP contribution in [0.3, 0.4) is 0 Å². The number of pyridine rings is 1. The van der Waals surface area contributed by atoms with Crippen LogP contribution >= 0.6 is 11.6 Å². The zero-order chi connectivity index (χ0) is 27.0. The lowest BCUT2D eigenvalue weighted by Gasteiger charge is -2.27. The third-order valence-corrected chi connectivity index (χ3v) is 5.68. The number of likely N-dealkylation sites (N-methyl/N-ethyl adjacent to an activating group) is 1. The zero-order valence-corrected chi connectivity index (χ0v) is 23.1. The van der Waals surface area contributed by atoms with Gasteiger partial charge in [-0.15, -0.1) is 0 Å². The van der Waals surface area contributed by atoms with Crippen LogP contribution in [0.5, 0.6) is 0 Å². The molecular formula is C26H40ClN5O5. The molecule has 1 aromatic heterocycles. The lowest BCUT2D eigenvalue weighted by molar-refractivity contribution is -0.154. The SMILES string of the molecule is CCOC(=O)CN(CCCCNC(OCC)OCC)CC(=O)N(CC)Nc1ccnc2cc(Cl)ccc12. The van der Waals surface area contributed by atoms with Gasteiger partial charge >= 0.3 is 5.97 Å². The molecule has 0 aliphatic rings. The molecule has 0 aliphatic carbocycles. The average Bonchev–Trinajstić information content (AvgIpc) is 2.87. The minimum absolute atomic E-state index is 0.0434. The van der Waals surface area contributed by atoms with Crippen molar-refractivity contribution in [2.75, 3.05) is 58.0 Å². The van der Waals surface area contributed by atoms with Gasteiger partial charge in [0.2, 0.25) is 6.41 Å². The highest BCUT2D eigenvalue weighted by atomic mass is 35.5. The summed E-state index contributed by atoms with van der Waals surface area (Å²) in [6.07, 6.45) is 2.84. The van der Waals surface area contributed by atoms with Gasteiger partial charge in [-0.3, -0.25) is 35.2 Å². The van der Waals surface area contributed by atoms with Crippen molar-refractivity contribution in [1.29, 1.82) is 0 Å². The van der Waals surface area contributed by atoms with Crippen molar-refractivity contribution < 1.29 is 23.8 Å². The number of nitrogens with one attached hydrogen (secondary N) is 2. The van der Waals surface area contributed by atoms with Crippen LogP contribution in [0.4, 0.5) is 5.69 Å². The number of rotatable bonds is 18. The maximum atomic E-state index is 13.2. The Balaban J connectivity index is 1.98. The summed E-state index contributed by atoms with van der Waals surface area (Å²) in [6.45, 7) is 10.7. The second-order valence-electron chi connectivity index (χ2n) is 8.19. The van der Waals surface area contributed by atoms with Crippen LogP contribution in [0.2, 0.25) is 5.02 Å². The molecule has 0 atom stereocenters. The summed E-state index contributed by atoms with van der Waals surface area (Å²) < 4.78 is 16.1. The largest absolute Gasteiger partial charge is 0.465 e. The second kappa shape index (κ2) is 17.1. The van der Waals surface area contributed by atoms with Gasteiger partial charge in [-0.25, -0.2) is 0 Å². The third kappa shape index (κ3) is 10.8.